The summed E-state index contributed by atoms with van der Waals surface area (Å²) in [4.78, 5) is 8.63. The van der Waals surface area contributed by atoms with Gasteiger partial charge in [-0.1, -0.05) is 13.8 Å². The Balaban J connectivity index is 2.13. The molecule has 0 saturated carbocycles. The highest BCUT2D eigenvalue weighted by Crippen LogP contribution is 2.32. The zero-order chi connectivity index (χ0) is 14.6. The van der Waals surface area contributed by atoms with Gasteiger partial charge in [-0.05, 0) is 32.7 Å². The summed E-state index contributed by atoms with van der Waals surface area (Å²) in [6.07, 6.45) is 3.32. The molecule has 0 spiro atoms. The third kappa shape index (κ3) is 3.51. The van der Waals surface area contributed by atoms with Gasteiger partial charge in [-0.2, -0.15) is 0 Å². The highest BCUT2D eigenvalue weighted by atomic mass is 32.1. The monoisotopic (exact) mass is 297 g/mol. The summed E-state index contributed by atoms with van der Waals surface area (Å²) in [7, 11) is 1.82. The fourth-order valence-corrected chi connectivity index (χ4v) is 3.84. The Labute approximate surface area is 126 Å². The van der Waals surface area contributed by atoms with E-state index in [0.717, 1.165) is 44.2 Å². The van der Waals surface area contributed by atoms with Gasteiger partial charge in [-0.3, -0.25) is 0 Å². The number of aryl methyl sites for hydroxylation is 1. The van der Waals surface area contributed by atoms with Crippen molar-refractivity contribution in [3.05, 3.63) is 10.6 Å². The molecule has 1 fully saturated rings. The predicted molar refractivity (Wildman–Crippen MR) is 85.7 cm³/mol. The van der Waals surface area contributed by atoms with Crippen molar-refractivity contribution in [1.29, 1.82) is 0 Å². The quantitative estimate of drug-likeness (QED) is 0.876. The number of hydrogen-bond donors (Lipinski definition) is 1. The van der Waals surface area contributed by atoms with E-state index in [0.29, 0.717) is 0 Å². The Hall–Kier alpha value is -0.650. The van der Waals surface area contributed by atoms with Crippen molar-refractivity contribution in [1.82, 2.24) is 10.3 Å². The van der Waals surface area contributed by atoms with E-state index in [1.54, 1.807) is 0 Å². The first-order valence-corrected chi connectivity index (χ1v) is 8.43. The molecular weight excluding hydrogens is 270 g/mol. The van der Waals surface area contributed by atoms with Crippen molar-refractivity contribution in [3.8, 4) is 0 Å². The Morgan fingerprint density at radius 3 is 2.90 bits per heavy atom. The topological polar surface area (TPSA) is 37.4 Å². The molecule has 1 saturated heterocycles. The van der Waals surface area contributed by atoms with E-state index in [2.05, 4.69) is 31.0 Å². The van der Waals surface area contributed by atoms with Crippen LogP contribution < -0.4 is 10.2 Å². The van der Waals surface area contributed by atoms with Gasteiger partial charge >= 0.3 is 0 Å². The van der Waals surface area contributed by atoms with Crippen LogP contribution in [0.1, 0.15) is 44.2 Å². The van der Waals surface area contributed by atoms with Crippen molar-refractivity contribution in [3.63, 3.8) is 0 Å². The minimum Gasteiger partial charge on any atom is -0.377 e. The summed E-state index contributed by atoms with van der Waals surface area (Å²) < 4.78 is 5.68. The maximum atomic E-state index is 5.68. The largest absolute Gasteiger partial charge is 0.377 e. The van der Waals surface area contributed by atoms with Crippen LogP contribution in [0, 0.1) is 0 Å². The zero-order valence-corrected chi connectivity index (χ0v) is 14.0. The minimum absolute atomic E-state index is 0.0296. The number of nitrogens with one attached hydrogen (secondary N) is 1. The molecule has 1 N–H and O–H groups in total. The smallest absolute Gasteiger partial charge is 0.185 e. The van der Waals surface area contributed by atoms with Crippen molar-refractivity contribution in [2.75, 3.05) is 31.6 Å². The fourth-order valence-electron chi connectivity index (χ4n) is 2.69. The number of anilines is 1. The predicted octanol–water partition coefficient (Wildman–Crippen LogP) is 2.82. The van der Waals surface area contributed by atoms with Crippen molar-refractivity contribution < 1.29 is 4.74 Å². The summed E-state index contributed by atoms with van der Waals surface area (Å²) >= 11 is 1.84. The van der Waals surface area contributed by atoms with E-state index in [4.69, 9.17) is 9.72 Å². The Bertz CT molecular complexity index is 435. The van der Waals surface area contributed by atoms with E-state index < -0.39 is 0 Å². The lowest BCUT2D eigenvalue weighted by Crippen LogP contribution is -2.47. The third-order valence-corrected chi connectivity index (χ3v) is 5.22. The summed E-state index contributed by atoms with van der Waals surface area (Å²) in [5.74, 6) is 0. The molecular formula is C15H27N3OS. The molecule has 0 radical (unpaired) electrons. The molecule has 1 aromatic heterocycles. The molecule has 0 aromatic carbocycles. The molecule has 1 aliphatic rings. The SMILES string of the molecule is CCNCc1sc(N2CCCC(C)(OC)C2)nc1CC. The van der Waals surface area contributed by atoms with Crippen LogP contribution in [-0.4, -0.2) is 37.3 Å². The highest BCUT2D eigenvalue weighted by Gasteiger charge is 2.32. The molecule has 0 bridgehead atoms. The normalized spacial score (nSPS) is 23.3. The number of thiazole rings is 1. The summed E-state index contributed by atoms with van der Waals surface area (Å²) in [6, 6.07) is 0. The van der Waals surface area contributed by atoms with Crippen molar-refractivity contribution >= 4 is 16.5 Å². The van der Waals surface area contributed by atoms with Gasteiger partial charge in [0, 0.05) is 31.6 Å². The number of ether oxygens (including phenoxy) is 1. The first-order chi connectivity index (χ1) is 9.61. The second-order valence-corrected chi connectivity index (χ2v) is 6.74. The molecule has 1 aliphatic heterocycles. The molecule has 0 amide bonds. The summed E-state index contributed by atoms with van der Waals surface area (Å²) in [6.45, 7) is 10.5. The number of hydrogen-bond acceptors (Lipinski definition) is 5. The number of nitrogens with zero attached hydrogens (tertiary/aromatic N) is 2. The molecule has 114 valence electrons. The Morgan fingerprint density at radius 2 is 2.25 bits per heavy atom. The van der Waals surface area contributed by atoms with Crippen LogP contribution in [0.4, 0.5) is 5.13 Å². The van der Waals surface area contributed by atoms with Gasteiger partial charge in [-0.15, -0.1) is 11.3 Å². The van der Waals surface area contributed by atoms with Crippen LogP contribution in [0.2, 0.25) is 0 Å². The molecule has 0 aliphatic carbocycles. The first-order valence-electron chi connectivity index (χ1n) is 7.61. The summed E-state index contributed by atoms with van der Waals surface area (Å²) in [5, 5.41) is 4.57. The van der Waals surface area contributed by atoms with E-state index >= 15 is 0 Å². The lowest BCUT2D eigenvalue weighted by Gasteiger charge is -2.39. The van der Waals surface area contributed by atoms with E-state index in [1.807, 2.05) is 18.4 Å². The lowest BCUT2D eigenvalue weighted by atomic mass is 9.95. The van der Waals surface area contributed by atoms with Gasteiger partial charge in [0.2, 0.25) is 0 Å². The number of rotatable bonds is 6. The van der Waals surface area contributed by atoms with Gasteiger partial charge in [0.25, 0.3) is 0 Å². The first kappa shape index (κ1) is 15.7. The molecule has 1 aromatic rings. The second kappa shape index (κ2) is 6.87. The molecule has 1 unspecified atom stereocenters. The minimum atomic E-state index is -0.0296. The van der Waals surface area contributed by atoms with Crippen LogP contribution in [-0.2, 0) is 17.7 Å². The van der Waals surface area contributed by atoms with Crippen LogP contribution in [0.3, 0.4) is 0 Å². The van der Waals surface area contributed by atoms with Crippen LogP contribution in [0.15, 0.2) is 0 Å². The maximum absolute atomic E-state index is 5.68. The molecule has 2 heterocycles. The Kier molecular flexibility index (Phi) is 5.41. The maximum Gasteiger partial charge on any atom is 0.185 e. The van der Waals surface area contributed by atoms with E-state index in [9.17, 15) is 0 Å². The van der Waals surface area contributed by atoms with Gasteiger partial charge in [0.1, 0.15) is 0 Å². The second-order valence-electron chi connectivity index (χ2n) is 5.68. The van der Waals surface area contributed by atoms with Crippen LogP contribution in [0.25, 0.3) is 0 Å². The van der Waals surface area contributed by atoms with Gasteiger partial charge in [-0.25, -0.2) is 4.98 Å². The van der Waals surface area contributed by atoms with Crippen molar-refractivity contribution in [2.45, 2.75) is 52.2 Å². The average molecular weight is 297 g/mol. The Morgan fingerprint density at radius 1 is 1.45 bits per heavy atom. The fraction of sp³-hybridized carbons (Fsp3) is 0.800. The molecule has 5 heteroatoms. The van der Waals surface area contributed by atoms with Gasteiger partial charge in [0.05, 0.1) is 11.3 Å². The van der Waals surface area contributed by atoms with E-state index in [1.165, 1.54) is 17.0 Å². The highest BCUT2D eigenvalue weighted by molar-refractivity contribution is 7.15. The number of piperidine rings is 1. The molecule has 1 atom stereocenters. The zero-order valence-electron chi connectivity index (χ0n) is 13.2. The van der Waals surface area contributed by atoms with Crippen LogP contribution in [0.5, 0.6) is 0 Å². The molecule has 2 rings (SSSR count). The number of methoxy groups -OCH3 is 1. The molecule has 20 heavy (non-hydrogen) atoms. The standard InChI is InChI=1S/C15H27N3OS/c1-5-12-13(10-16-6-2)20-14(17-12)18-9-7-8-15(3,11-18)19-4/h16H,5-11H2,1-4H3. The van der Waals surface area contributed by atoms with E-state index in [-0.39, 0.29) is 5.60 Å². The third-order valence-electron chi connectivity index (χ3n) is 4.06. The lowest BCUT2D eigenvalue weighted by molar-refractivity contribution is -0.00466. The van der Waals surface area contributed by atoms with Crippen molar-refractivity contribution in [2.24, 2.45) is 0 Å². The average Bonchev–Trinajstić information content (AvgIpc) is 2.88. The number of aromatic nitrogens is 1. The van der Waals surface area contributed by atoms with Gasteiger partial charge in [0.15, 0.2) is 5.13 Å². The van der Waals surface area contributed by atoms with Crippen LogP contribution >= 0.6 is 11.3 Å². The van der Waals surface area contributed by atoms with Gasteiger partial charge < -0.3 is 15.0 Å². The summed E-state index contributed by atoms with van der Waals surface area (Å²) in [5.41, 5.74) is 1.22. The molecule has 4 nitrogen and oxygen atoms in total.